The third kappa shape index (κ3) is 1.51. The summed E-state index contributed by atoms with van der Waals surface area (Å²) in [5.41, 5.74) is 4.50. The average Bonchev–Trinajstić information content (AvgIpc) is 2.78. The van der Waals surface area contributed by atoms with Crippen LogP contribution in [0.4, 0.5) is 0 Å². The standard InChI is InChI=1S/C11H12/c1-9-4-2-3-5-11(9)8-10-6-7-10/h2-6H,7-8H2,1H3. The quantitative estimate of drug-likeness (QED) is 0.560. The molecule has 0 nitrogen and oxygen atoms in total. The molecule has 0 saturated heterocycles. The number of aryl methyl sites for hydroxylation is 1. The van der Waals surface area contributed by atoms with Crippen molar-refractivity contribution in [1.82, 2.24) is 0 Å². The summed E-state index contributed by atoms with van der Waals surface area (Å²) in [7, 11) is 0. The normalized spacial score (nSPS) is 14.5. The van der Waals surface area contributed by atoms with E-state index in [4.69, 9.17) is 0 Å². The molecule has 0 radical (unpaired) electrons. The summed E-state index contributed by atoms with van der Waals surface area (Å²) >= 11 is 0. The van der Waals surface area contributed by atoms with Crippen molar-refractivity contribution >= 4 is 0 Å². The van der Waals surface area contributed by atoms with Crippen LogP contribution in [-0.2, 0) is 6.42 Å². The Morgan fingerprint density at radius 3 is 2.64 bits per heavy atom. The van der Waals surface area contributed by atoms with Gasteiger partial charge < -0.3 is 0 Å². The lowest BCUT2D eigenvalue weighted by molar-refractivity contribution is 1.16. The summed E-state index contributed by atoms with van der Waals surface area (Å²) < 4.78 is 0. The lowest BCUT2D eigenvalue weighted by Gasteiger charge is -2.00. The third-order valence-electron chi connectivity index (χ3n) is 2.17. The van der Waals surface area contributed by atoms with Gasteiger partial charge in [-0.1, -0.05) is 35.9 Å². The van der Waals surface area contributed by atoms with E-state index in [0.29, 0.717) is 0 Å². The van der Waals surface area contributed by atoms with E-state index >= 15 is 0 Å². The van der Waals surface area contributed by atoms with Crippen molar-refractivity contribution in [1.29, 1.82) is 0 Å². The molecule has 1 aromatic carbocycles. The fourth-order valence-corrected chi connectivity index (χ4v) is 1.27. The molecule has 56 valence electrons. The maximum absolute atomic E-state index is 2.30. The first-order chi connectivity index (χ1) is 5.36. The van der Waals surface area contributed by atoms with E-state index in [1.165, 1.54) is 24.0 Å². The lowest BCUT2D eigenvalue weighted by Crippen LogP contribution is -1.86. The van der Waals surface area contributed by atoms with E-state index in [9.17, 15) is 0 Å². The Balaban J connectivity index is 2.21. The molecule has 0 fully saturated rings. The van der Waals surface area contributed by atoms with Crippen molar-refractivity contribution in [3.8, 4) is 0 Å². The monoisotopic (exact) mass is 144 g/mol. The average molecular weight is 144 g/mol. The highest BCUT2D eigenvalue weighted by Crippen LogP contribution is 2.24. The largest absolute Gasteiger partial charge is 0.0806 e. The summed E-state index contributed by atoms with van der Waals surface area (Å²) in [5.74, 6) is 0. The Kier molecular flexibility index (Phi) is 1.54. The third-order valence-corrected chi connectivity index (χ3v) is 2.17. The molecule has 0 saturated carbocycles. The molecule has 1 aliphatic rings. The van der Waals surface area contributed by atoms with Gasteiger partial charge in [-0.2, -0.15) is 0 Å². The van der Waals surface area contributed by atoms with Crippen LogP contribution in [0.5, 0.6) is 0 Å². The predicted octanol–water partition coefficient (Wildman–Crippen LogP) is 2.87. The Labute approximate surface area is 67.6 Å². The van der Waals surface area contributed by atoms with Crippen molar-refractivity contribution in [2.45, 2.75) is 19.8 Å². The highest BCUT2D eigenvalue weighted by atomic mass is 14.1. The van der Waals surface area contributed by atoms with Crippen molar-refractivity contribution in [3.05, 3.63) is 47.0 Å². The van der Waals surface area contributed by atoms with E-state index in [2.05, 4.69) is 37.3 Å². The fraction of sp³-hybridized carbons (Fsp3) is 0.273. The van der Waals surface area contributed by atoms with Gasteiger partial charge in [-0.3, -0.25) is 0 Å². The first kappa shape index (κ1) is 6.66. The van der Waals surface area contributed by atoms with Crippen LogP contribution in [0, 0.1) is 6.92 Å². The van der Waals surface area contributed by atoms with Crippen molar-refractivity contribution in [3.63, 3.8) is 0 Å². The van der Waals surface area contributed by atoms with Crippen LogP contribution >= 0.6 is 0 Å². The van der Waals surface area contributed by atoms with Gasteiger partial charge in [0.2, 0.25) is 0 Å². The van der Waals surface area contributed by atoms with Gasteiger partial charge in [0, 0.05) is 0 Å². The van der Waals surface area contributed by atoms with Crippen LogP contribution in [0.3, 0.4) is 0 Å². The second kappa shape index (κ2) is 2.54. The van der Waals surface area contributed by atoms with Crippen LogP contribution in [0.15, 0.2) is 35.9 Å². The molecule has 0 amide bonds. The first-order valence-corrected chi connectivity index (χ1v) is 4.08. The maximum atomic E-state index is 2.30. The molecule has 1 aliphatic carbocycles. The van der Waals surface area contributed by atoms with E-state index in [0.717, 1.165) is 0 Å². The summed E-state index contributed by atoms with van der Waals surface area (Å²) in [4.78, 5) is 0. The summed E-state index contributed by atoms with van der Waals surface area (Å²) in [5, 5.41) is 0. The zero-order valence-electron chi connectivity index (χ0n) is 6.80. The van der Waals surface area contributed by atoms with Crippen LogP contribution in [0.25, 0.3) is 0 Å². The summed E-state index contributed by atoms with van der Waals surface area (Å²) in [6, 6.07) is 8.61. The summed E-state index contributed by atoms with van der Waals surface area (Å²) in [6.07, 6.45) is 4.72. The van der Waals surface area contributed by atoms with Crippen LogP contribution in [-0.4, -0.2) is 0 Å². The van der Waals surface area contributed by atoms with Crippen LogP contribution in [0.2, 0.25) is 0 Å². The molecule has 0 aliphatic heterocycles. The molecule has 0 spiro atoms. The van der Waals surface area contributed by atoms with E-state index < -0.39 is 0 Å². The van der Waals surface area contributed by atoms with Gasteiger partial charge in [0.05, 0.1) is 0 Å². The molecule has 1 aromatic rings. The van der Waals surface area contributed by atoms with E-state index in [1.807, 2.05) is 0 Å². The highest BCUT2D eigenvalue weighted by molar-refractivity contribution is 5.34. The zero-order chi connectivity index (χ0) is 7.68. The van der Waals surface area contributed by atoms with Crippen LogP contribution in [0.1, 0.15) is 17.5 Å². The van der Waals surface area contributed by atoms with Gasteiger partial charge in [-0.05, 0) is 30.9 Å². The molecule has 0 atom stereocenters. The minimum atomic E-state index is 1.17. The van der Waals surface area contributed by atoms with Gasteiger partial charge >= 0.3 is 0 Å². The number of allylic oxidation sites excluding steroid dienone is 2. The fourth-order valence-electron chi connectivity index (χ4n) is 1.27. The van der Waals surface area contributed by atoms with Gasteiger partial charge in [-0.25, -0.2) is 0 Å². The molecule has 0 aromatic heterocycles. The van der Waals surface area contributed by atoms with Crippen molar-refractivity contribution < 1.29 is 0 Å². The highest BCUT2D eigenvalue weighted by Gasteiger charge is 2.08. The molecule has 0 unspecified atom stereocenters. The Bertz CT molecular complexity index is 295. The molecular weight excluding hydrogens is 132 g/mol. The number of benzene rings is 1. The smallest absolute Gasteiger partial charge is 0.00613 e. The molecule has 2 rings (SSSR count). The minimum absolute atomic E-state index is 1.17. The molecule has 0 heteroatoms. The SMILES string of the molecule is Cc1ccccc1CC1=CC1. The van der Waals surface area contributed by atoms with Gasteiger partial charge in [-0.15, -0.1) is 0 Å². The maximum Gasteiger partial charge on any atom is -0.00613 e. The second-order valence-electron chi connectivity index (χ2n) is 3.17. The molecule has 0 N–H and O–H groups in total. The number of hydrogen-bond acceptors (Lipinski definition) is 0. The Morgan fingerprint density at radius 1 is 1.27 bits per heavy atom. The zero-order valence-corrected chi connectivity index (χ0v) is 6.80. The van der Waals surface area contributed by atoms with Gasteiger partial charge in [0.15, 0.2) is 0 Å². The summed E-state index contributed by atoms with van der Waals surface area (Å²) in [6.45, 7) is 2.18. The van der Waals surface area contributed by atoms with Gasteiger partial charge in [0.25, 0.3) is 0 Å². The van der Waals surface area contributed by atoms with E-state index in [1.54, 1.807) is 5.57 Å². The Hall–Kier alpha value is -1.04. The van der Waals surface area contributed by atoms with Crippen molar-refractivity contribution in [2.24, 2.45) is 0 Å². The van der Waals surface area contributed by atoms with Crippen LogP contribution < -0.4 is 0 Å². The number of hydrogen-bond donors (Lipinski definition) is 0. The molecular formula is C11H12. The minimum Gasteiger partial charge on any atom is -0.0806 e. The molecule has 0 heterocycles. The molecule has 11 heavy (non-hydrogen) atoms. The Morgan fingerprint density at radius 2 is 2.00 bits per heavy atom. The van der Waals surface area contributed by atoms with E-state index in [-0.39, 0.29) is 0 Å². The topological polar surface area (TPSA) is 0 Å². The lowest BCUT2D eigenvalue weighted by atomic mass is 10.0. The number of rotatable bonds is 2. The second-order valence-corrected chi connectivity index (χ2v) is 3.17. The first-order valence-electron chi connectivity index (χ1n) is 4.08. The van der Waals surface area contributed by atoms with Crippen molar-refractivity contribution in [2.75, 3.05) is 0 Å². The van der Waals surface area contributed by atoms with Gasteiger partial charge in [0.1, 0.15) is 0 Å². The molecule has 0 bridgehead atoms. The predicted molar refractivity (Wildman–Crippen MR) is 47.6 cm³/mol.